The first-order valence-electron chi connectivity index (χ1n) is 14.4. The van der Waals surface area contributed by atoms with E-state index in [9.17, 15) is 8.42 Å². The van der Waals surface area contributed by atoms with E-state index in [1.54, 1.807) is 24.3 Å². The van der Waals surface area contributed by atoms with Crippen molar-refractivity contribution in [3.63, 3.8) is 0 Å². The Morgan fingerprint density at radius 2 is 1.78 bits per heavy atom. The van der Waals surface area contributed by atoms with Crippen LogP contribution in [0, 0.1) is 6.92 Å². The molecule has 0 saturated heterocycles. The lowest BCUT2D eigenvalue weighted by Crippen LogP contribution is -2.38. The Morgan fingerprint density at radius 3 is 2.46 bits per heavy atom. The number of hydrogen-bond acceptors (Lipinski definition) is 7. The molecule has 2 aromatic heterocycles. The molecule has 9 heteroatoms. The first-order chi connectivity index (χ1) is 19.7. The average Bonchev–Trinajstić information content (AvgIpc) is 2.96. The summed E-state index contributed by atoms with van der Waals surface area (Å²) < 4.78 is 26.0. The zero-order chi connectivity index (χ0) is 29.1. The standard InChI is InChI=1S/C32H38ClN5O2S/c1-5-22-17-23(28-16-13-26(35-21(28)3)20-41(39,40)30-10-8-7-9-29(30)33)18-24-19-34-32(37-31(22)24)36-25-11-14-27(15-12-25)38(4)6-2/h7-10,13,16-19,25,27H,5-6,11-12,14-15,20H2,1-4H3,(H,34,36,37). The molecule has 0 unspecified atom stereocenters. The topological polar surface area (TPSA) is 88.1 Å². The van der Waals surface area contributed by atoms with Crippen LogP contribution < -0.4 is 5.32 Å². The molecule has 41 heavy (non-hydrogen) atoms. The van der Waals surface area contributed by atoms with Crippen LogP contribution >= 0.6 is 11.6 Å². The van der Waals surface area contributed by atoms with Crippen LogP contribution in [-0.4, -0.2) is 53.9 Å². The van der Waals surface area contributed by atoms with E-state index in [1.807, 2.05) is 19.2 Å². The highest BCUT2D eigenvalue weighted by Gasteiger charge is 2.24. The summed E-state index contributed by atoms with van der Waals surface area (Å²) >= 11 is 6.15. The maximum absolute atomic E-state index is 13.0. The number of sulfone groups is 1. The van der Waals surface area contributed by atoms with Crippen molar-refractivity contribution >= 4 is 38.3 Å². The molecule has 1 aliphatic carbocycles. The molecule has 1 N–H and O–H groups in total. The fourth-order valence-corrected chi connectivity index (χ4v) is 7.63. The quantitative estimate of drug-likeness (QED) is 0.227. The Balaban J connectivity index is 1.36. The van der Waals surface area contributed by atoms with Gasteiger partial charge in [0.05, 0.1) is 26.9 Å². The van der Waals surface area contributed by atoms with Gasteiger partial charge in [-0.15, -0.1) is 0 Å². The number of halogens is 1. The smallest absolute Gasteiger partial charge is 0.223 e. The van der Waals surface area contributed by atoms with Gasteiger partial charge < -0.3 is 10.2 Å². The van der Waals surface area contributed by atoms with Crippen LogP contribution in [0.25, 0.3) is 22.0 Å². The molecular weight excluding hydrogens is 554 g/mol. The number of aryl methyl sites for hydroxylation is 2. The number of nitrogens with zero attached hydrogens (tertiary/aromatic N) is 4. The largest absolute Gasteiger partial charge is 0.351 e. The predicted molar refractivity (Wildman–Crippen MR) is 167 cm³/mol. The Bertz CT molecular complexity index is 1650. The zero-order valence-electron chi connectivity index (χ0n) is 24.2. The van der Waals surface area contributed by atoms with E-state index in [0.29, 0.717) is 23.7 Å². The van der Waals surface area contributed by atoms with Crippen molar-refractivity contribution in [1.29, 1.82) is 0 Å². The number of benzene rings is 2. The van der Waals surface area contributed by atoms with Gasteiger partial charge in [-0.1, -0.05) is 43.6 Å². The van der Waals surface area contributed by atoms with Crippen LogP contribution in [-0.2, 0) is 22.0 Å². The van der Waals surface area contributed by atoms with Gasteiger partial charge in [-0.2, -0.15) is 0 Å². The van der Waals surface area contributed by atoms with E-state index in [0.717, 1.165) is 59.1 Å². The van der Waals surface area contributed by atoms with Crippen molar-refractivity contribution < 1.29 is 8.42 Å². The third-order valence-electron chi connectivity index (χ3n) is 8.26. The van der Waals surface area contributed by atoms with Gasteiger partial charge in [-0.05, 0) is 94.1 Å². The van der Waals surface area contributed by atoms with Gasteiger partial charge in [0.2, 0.25) is 5.95 Å². The summed E-state index contributed by atoms with van der Waals surface area (Å²) in [6.07, 6.45) is 7.36. The summed E-state index contributed by atoms with van der Waals surface area (Å²) in [4.78, 5) is 16.8. The number of aromatic nitrogens is 3. The summed E-state index contributed by atoms with van der Waals surface area (Å²) in [6, 6.07) is 15.5. The molecule has 0 spiro atoms. The molecule has 4 aromatic rings. The molecule has 0 amide bonds. The summed E-state index contributed by atoms with van der Waals surface area (Å²) in [6.45, 7) is 7.34. The number of fused-ring (bicyclic) bond motifs is 1. The van der Waals surface area contributed by atoms with Crippen LogP contribution in [0.4, 0.5) is 5.95 Å². The second-order valence-corrected chi connectivity index (χ2v) is 13.3. The van der Waals surface area contributed by atoms with Gasteiger partial charge in [0, 0.05) is 34.9 Å². The number of anilines is 1. The van der Waals surface area contributed by atoms with Gasteiger partial charge in [0.25, 0.3) is 0 Å². The van der Waals surface area contributed by atoms with E-state index in [2.05, 4.69) is 53.2 Å². The fourth-order valence-electron chi connectivity index (χ4n) is 5.78. The van der Waals surface area contributed by atoms with Crippen molar-refractivity contribution in [3.8, 4) is 11.1 Å². The molecular formula is C32H38ClN5O2S. The molecule has 0 atom stereocenters. The van der Waals surface area contributed by atoms with Crippen LogP contribution in [0.5, 0.6) is 0 Å². The Hall–Kier alpha value is -3.07. The van der Waals surface area contributed by atoms with Gasteiger partial charge in [-0.25, -0.2) is 18.4 Å². The van der Waals surface area contributed by atoms with Gasteiger partial charge >= 0.3 is 0 Å². The highest BCUT2D eigenvalue weighted by molar-refractivity contribution is 7.90. The normalized spacial score (nSPS) is 17.7. The van der Waals surface area contributed by atoms with Crippen molar-refractivity contribution in [1.82, 2.24) is 19.9 Å². The monoisotopic (exact) mass is 591 g/mol. The highest BCUT2D eigenvalue weighted by atomic mass is 35.5. The van der Waals surface area contributed by atoms with Gasteiger partial charge in [-0.3, -0.25) is 4.98 Å². The van der Waals surface area contributed by atoms with Gasteiger partial charge in [0.1, 0.15) is 0 Å². The average molecular weight is 592 g/mol. The molecule has 216 valence electrons. The first-order valence-corrected chi connectivity index (χ1v) is 16.4. The summed E-state index contributed by atoms with van der Waals surface area (Å²) in [5.41, 5.74) is 5.32. The minimum atomic E-state index is -3.62. The minimum Gasteiger partial charge on any atom is -0.351 e. The van der Waals surface area contributed by atoms with E-state index >= 15 is 0 Å². The number of hydrogen-bond donors (Lipinski definition) is 1. The van der Waals surface area contributed by atoms with Crippen LogP contribution in [0.2, 0.25) is 5.02 Å². The summed E-state index contributed by atoms with van der Waals surface area (Å²) in [7, 11) is -1.41. The number of nitrogens with one attached hydrogen (secondary N) is 1. The number of rotatable bonds is 9. The van der Waals surface area contributed by atoms with Crippen LogP contribution in [0.3, 0.4) is 0 Å². The molecule has 2 aromatic carbocycles. The zero-order valence-corrected chi connectivity index (χ0v) is 25.8. The maximum atomic E-state index is 13.0. The van der Waals surface area contributed by atoms with Crippen molar-refractivity contribution in [2.24, 2.45) is 0 Å². The molecule has 1 saturated carbocycles. The second-order valence-electron chi connectivity index (χ2n) is 11.0. The molecule has 7 nitrogen and oxygen atoms in total. The predicted octanol–water partition coefficient (Wildman–Crippen LogP) is 6.86. The fraction of sp³-hybridized carbons (Fsp3) is 0.406. The van der Waals surface area contributed by atoms with E-state index in [-0.39, 0.29) is 15.7 Å². The molecule has 0 bridgehead atoms. The van der Waals surface area contributed by atoms with E-state index in [4.69, 9.17) is 16.6 Å². The SMILES string of the molecule is CCc1cc(-c2ccc(CS(=O)(=O)c3ccccc3Cl)nc2C)cc2cnc(NC3CCC(N(C)CC)CC3)nc12. The molecule has 5 rings (SSSR count). The Kier molecular flexibility index (Phi) is 8.92. The van der Waals surface area contributed by atoms with Gasteiger partial charge in [0.15, 0.2) is 9.84 Å². The summed E-state index contributed by atoms with van der Waals surface area (Å²) in [5.74, 6) is 0.477. The number of pyridine rings is 1. The lowest BCUT2D eigenvalue weighted by Gasteiger charge is -2.34. The summed E-state index contributed by atoms with van der Waals surface area (Å²) in [5, 5.41) is 4.78. The van der Waals surface area contributed by atoms with Crippen LogP contribution in [0.1, 0.15) is 56.5 Å². The molecule has 1 fully saturated rings. The van der Waals surface area contributed by atoms with Crippen molar-refractivity contribution in [2.45, 2.75) is 75.6 Å². The first kappa shape index (κ1) is 29.4. The van der Waals surface area contributed by atoms with E-state index < -0.39 is 9.84 Å². The molecule has 1 aliphatic rings. The maximum Gasteiger partial charge on any atom is 0.223 e. The lowest BCUT2D eigenvalue weighted by molar-refractivity contribution is 0.194. The third-order valence-corrected chi connectivity index (χ3v) is 10.4. The van der Waals surface area contributed by atoms with E-state index in [1.165, 1.54) is 18.9 Å². The van der Waals surface area contributed by atoms with Crippen molar-refractivity contribution in [3.05, 3.63) is 76.7 Å². The highest BCUT2D eigenvalue weighted by Crippen LogP contribution is 2.31. The lowest BCUT2D eigenvalue weighted by atomic mass is 9.90. The van der Waals surface area contributed by atoms with Crippen LogP contribution in [0.15, 0.2) is 59.6 Å². The minimum absolute atomic E-state index is 0.123. The molecule has 0 aliphatic heterocycles. The van der Waals surface area contributed by atoms with Crippen molar-refractivity contribution in [2.75, 3.05) is 18.9 Å². The Labute approximate surface area is 248 Å². The third kappa shape index (κ3) is 6.55. The molecule has 0 radical (unpaired) electrons. The Morgan fingerprint density at radius 1 is 1.02 bits per heavy atom. The second kappa shape index (κ2) is 12.4. The molecule has 2 heterocycles.